The molecule has 0 amide bonds. The van der Waals surface area contributed by atoms with E-state index >= 15 is 0 Å². The van der Waals surface area contributed by atoms with E-state index in [-0.39, 0.29) is 4.90 Å². The summed E-state index contributed by atoms with van der Waals surface area (Å²) in [4.78, 5) is 20.0. The van der Waals surface area contributed by atoms with Crippen LogP contribution in [0, 0.1) is 0 Å². The van der Waals surface area contributed by atoms with Crippen molar-refractivity contribution >= 4 is 38.4 Å². The van der Waals surface area contributed by atoms with E-state index in [2.05, 4.69) is 15.3 Å². The number of carbonyl (C=O) groups is 1. The summed E-state index contributed by atoms with van der Waals surface area (Å²) in [6.07, 6.45) is 1.37. The molecule has 0 saturated heterocycles. The number of methoxy groups -OCH3 is 1. The Morgan fingerprint density at radius 1 is 1.12 bits per heavy atom. The molecule has 2 aromatic carbocycles. The second-order valence-electron chi connectivity index (χ2n) is 5.14. The number of ether oxygens (including phenoxy) is 1. The van der Waals surface area contributed by atoms with Gasteiger partial charge >= 0.3 is 5.97 Å². The molecule has 1 heterocycles. The molecule has 0 atom stereocenters. The Labute approximate surface area is 143 Å². The fourth-order valence-corrected chi connectivity index (χ4v) is 2.78. The molecular weight excluding hydrogens is 344 g/mol. The molecule has 8 nitrogen and oxygen atoms in total. The first-order chi connectivity index (χ1) is 11.9. The molecule has 0 aliphatic carbocycles. The van der Waals surface area contributed by atoms with Crippen LogP contribution in [0.15, 0.2) is 53.7 Å². The lowest BCUT2D eigenvalue weighted by Gasteiger charge is -2.09. The molecule has 0 fully saturated rings. The minimum atomic E-state index is -3.74. The Morgan fingerprint density at radius 3 is 2.48 bits per heavy atom. The van der Waals surface area contributed by atoms with Crippen molar-refractivity contribution in [2.45, 2.75) is 4.90 Å². The third-order valence-electron chi connectivity index (χ3n) is 3.50. The van der Waals surface area contributed by atoms with Crippen molar-refractivity contribution in [3.63, 3.8) is 0 Å². The van der Waals surface area contributed by atoms with Crippen molar-refractivity contribution in [2.75, 3.05) is 12.4 Å². The maximum Gasteiger partial charge on any atom is 0.337 e. The predicted octanol–water partition coefficient (Wildman–Crippen LogP) is 1.81. The Bertz CT molecular complexity index is 1050. The van der Waals surface area contributed by atoms with Gasteiger partial charge in [-0.25, -0.2) is 28.3 Å². The summed E-state index contributed by atoms with van der Waals surface area (Å²) in [6.45, 7) is 0. The third kappa shape index (κ3) is 3.57. The average molecular weight is 358 g/mol. The van der Waals surface area contributed by atoms with E-state index in [0.29, 0.717) is 28.0 Å². The molecule has 0 spiro atoms. The highest BCUT2D eigenvalue weighted by Crippen LogP contribution is 2.24. The highest BCUT2D eigenvalue weighted by Gasteiger charge is 2.11. The van der Waals surface area contributed by atoms with Gasteiger partial charge in [-0.2, -0.15) is 0 Å². The summed E-state index contributed by atoms with van der Waals surface area (Å²) < 4.78 is 27.3. The molecule has 3 rings (SSSR count). The first-order valence-corrected chi connectivity index (χ1v) is 8.66. The Morgan fingerprint density at radius 2 is 1.84 bits per heavy atom. The Hall–Kier alpha value is -3.04. The standard InChI is InChI=1S/C16H14N4O4S/c1-24-16(21)10-2-7-13-14(8-10)18-9-19-15(13)20-11-3-5-12(6-4-11)25(17,22)23/h2-9H,1H3,(H2,17,22,23)(H,18,19,20). The van der Waals surface area contributed by atoms with Crippen LogP contribution < -0.4 is 10.5 Å². The van der Waals surface area contributed by atoms with Gasteiger partial charge in [0.25, 0.3) is 0 Å². The number of aromatic nitrogens is 2. The van der Waals surface area contributed by atoms with Gasteiger partial charge in [0.05, 0.1) is 23.1 Å². The zero-order valence-corrected chi connectivity index (χ0v) is 13.9. The minimum Gasteiger partial charge on any atom is -0.465 e. The number of hydrogen-bond acceptors (Lipinski definition) is 7. The van der Waals surface area contributed by atoms with Crippen LogP contribution in [-0.2, 0) is 14.8 Å². The maximum absolute atomic E-state index is 11.6. The number of hydrogen-bond donors (Lipinski definition) is 2. The van der Waals surface area contributed by atoms with Crippen LogP contribution in [-0.4, -0.2) is 31.5 Å². The van der Waals surface area contributed by atoms with E-state index in [1.165, 1.54) is 25.6 Å². The van der Waals surface area contributed by atoms with E-state index in [0.717, 1.165) is 0 Å². The summed E-state index contributed by atoms with van der Waals surface area (Å²) in [5.41, 5.74) is 1.59. The molecule has 0 bridgehead atoms. The molecule has 0 saturated carbocycles. The van der Waals surface area contributed by atoms with E-state index in [9.17, 15) is 13.2 Å². The second kappa shape index (κ2) is 6.46. The van der Waals surface area contributed by atoms with Gasteiger partial charge in [0.2, 0.25) is 10.0 Å². The largest absolute Gasteiger partial charge is 0.465 e. The SMILES string of the molecule is COC(=O)c1ccc2c(Nc3ccc(S(N)(=O)=O)cc3)ncnc2c1. The highest BCUT2D eigenvalue weighted by molar-refractivity contribution is 7.89. The smallest absolute Gasteiger partial charge is 0.337 e. The lowest BCUT2D eigenvalue weighted by molar-refractivity contribution is 0.0601. The van der Waals surface area contributed by atoms with E-state index in [1.807, 2.05) is 0 Å². The number of nitrogens with zero attached hydrogens (tertiary/aromatic N) is 2. The number of sulfonamides is 1. The number of esters is 1. The van der Waals surface area contributed by atoms with Crippen molar-refractivity contribution in [1.82, 2.24) is 9.97 Å². The van der Waals surface area contributed by atoms with E-state index in [1.54, 1.807) is 30.3 Å². The third-order valence-corrected chi connectivity index (χ3v) is 4.43. The number of anilines is 2. The first kappa shape index (κ1) is 16.8. The van der Waals surface area contributed by atoms with E-state index in [4.69, 9.17) is 9.88 Å². The van der Waals surface area contributed by atoms with Gasteiger partial charge in [-0.15, -0.1) is 0 Å². The second-order valence-corrected chi connectivity index (χ2v) is 6.70. The molecule has 0 radical (unpaired) electrons. The van der Waals surface area contributed by atoms with Gasteiger partial charge in [-0.05, 0) is 42.5 Å². The van der Waals surface area contributed by atoms with Gasteiger partial charge in [-0.1, -0.05) is 0 Å². The van der Waals surface area contributed by atoms with Crippen LogP contribution in [0.4, 0.5) is 11.5 Å². The van der Waals surface area contributed by atoms with Crippen LogP contribution in [0.1, 0.15) is 10.4 Å². The van der Waals surface area contributed by atoms with Crippen molar-refractivity contribution in [3.8, 4) is 0 Å². The molecule has 0 aliphatic rings. The predicted molar refractivity (Wildman–Crippen MR) is 92.0 cm³/mol. The monoisotopic (exact) mass is 358 g/mol. The average Bonchev–Trinajstić information content (AvgIpc) is 2.60. The summed E-state index contributed by atoms with van der Waals surface area (Å²) in [5, 5.41) is 8.86. The van der Waals surface area contributed by atoms with Crippen LogP contribution in [0.3, 0.4) is 0 Å². The fourth-order valence-electron chi connectivity index (χ4n) is 2.27. The van der Waals surface area contributed by atoms with Crippen LogP contribution in [0.5, 0.6) is 0 Å². The number of primary sulfonamides is 1. The summed E-state index contributed by atoms with van der Waals surface area (Å²) >= 11 is 0. The quantitative estimate of drug-likeness (QED) is 0.681. The lowest BCUT2D eigenvalue weighted by Crippen LogP contribution is -2.11. The molecule has 1 aromatic heterocycles. The van der Waals surface area contributed by atoms with Crippen LogP contribution >= 0.6 is 0 Å². The molecule has 0 unspecified atom stereocenters. The van der Waals surface area contributed by atoms with Crippen LogP contribution in [0.2, 0.25) is 0 Å². The van der Waals surface area contributed by atoms with Crippen molar-refractivity contribution in [3.05, 3.63) is 54.4 Å². The molecule has 3 N–H and O–H groups in total. The summed E-state index contributed by atoms with van der Waals surface area (Å²) in [5.74, 6) is 0.0679. The number of fused-ring (bicyclic) bond motifs is 1. The topological polar surface area (TPSA) is 124 Å². The maximum atomic E-state index is 11.6. The van der Waals surface area contributed by atoms with Crippen molar-refractivity contribution < 1.29 is 17.9 Å². The van der Waals surface area contributed by atoms with Gasteiger partial charge < -0.3 is 10.1 Å². The number of benzene rings is 2. The van der Waals surface area contributed by atoms with Gasteiger partial charge in [0.1, 0.15) is 12.1 Å². The molecule has 128 valence electrons. The van der Waals surface area contributed by atoms with Gasteiger partial charge in [0, 0.05) is 11.1 Å². The van der Waals surface area contributed by atoms with Gasteiger partial charge in [0.15, 0.2) is 0 Å². The Balaban J connectivity index is 1.95. The highest BCUT2D eigenvalue weighted by atomic mass is 32.2. The Kier molecular flexibility index (Phi) is 4.34. The lowest BCUT2D eigenvalue weighted by atomic mass is 10.1. The van der Waals surface area contributed by atoms with Crippen molar-refractivity contribution in [2.24, 2.45) is 5.14 Å². The number of rotatable bonds is 4. The summed E-state index contributed by atoms with van der Waals surface area (Å²) in [7, 11) is -2.43. The molecule has 0 aliphatic heterocycles. The first-order valence-electron chi connectivity index (χ1n) is 7.11. The minimum absolute atomic E-state index is 0.0216. The number of nitrogens with two attached hydrogens (primary N) is 1. The fraction of sp³-hybridized carbons (Fsp3) is 0.0625. The molecular formula is C16H14N4O4S. The molecule has 9 heteroatoms. The number of carbonyl (C=O) groups excluding carboxylic acids is 1. The normalized spacial score (nSPS) is 11.3. The zero-order valence-electron chi connectivity index (χ0n) is 13.1. The number of nitrogens with one attached hydrogen (secondary N) is 1. The van der Waals surface area contributed by atoms with Gasteiger partial charge in [-0.3, -0.25) is 0 Å². The molecule has 3 aromatic rings. The van der Waals surface area contributed by atoms with Crippen LogP contribution in [0.25, 0.3) is 10.9 Å². The van der Waals surface area contributed by atoms with Crippen molar-refractivity contribution in [1.29, 1.82) is 0 Å². The zero-order chi connectivity index (χ0) is 18.0. The van der Waals surface area contributed by atoms with E-state index < -0.39 is 16.0 Å². The summed E-state index contributed by atoms with van der Waals surface area (Å²) in [6, 6.07) is 10.9. The molecule has 25 heavy (non-hydrogen) atoms.